The number of benzene rings is 2. The number of nitrogens with zero attached hydrogens (tertiary/aromatic N) is 2. The predicted octanol–water partition coefficient (Wildman–Crippen LogP) is 5.19. The van der Waals surface area contributed by atoms with E-state index in [1.807, 2.05) is 61.5 Å². The van der Waals surface area contributed by atoms with Crippen molar-refractivity contribution in [3.8, 4) is 5.75 Å². The number of allylic oxidation sites excluding steroid dienone is 1. The van der Waals surface area contributed by atoms with Crippen molar-refractivity contribution >= 4 is 17.8 Å². The third-order valence-electron chi connectivity index (χ3n) is 6.23. The molecule has 2 aromatic carbocycles. The summed E-state index contributed by atoms with van der Waals surface area (Å²) >= 11 is 0. The molecule has 0 saturated heterocycles. The van der Waals surface area contributed by atoms with Crippen LogP contribution in [0.25, 0.3) is 6.08 Å². The van der Waals surface area contributed by atoms with Crippen molar-refractivity contribution in [1.82, 2.24) is 9.80 Å². The standard InChI is InChI=1S/C29H36N2O4/c1-4-21-35-24-16-14-23(15-17-24)27-26(25(32)18-13-22-11-8-7-9-12-22)28(33)29(34)31(27)20-10-19-30(5-2)6-3/h7-9,11-18,27,33H,4-6,10,19-21H2,1-3H3/b18-13+. The third kappa shape index (κ3) is 6.61. The summed E-state index contributed by atoms with van der Waals surface area (Å²) in [5, 5.41) is 10.8. The first-order chi connectivity index (χ1) is 17.0. The number of hydrogen-bond acceptors (Lipinski definition) is 5. The number of ketones is 1. The summed E-state index contributed by atoms with van der Waals surface area (Å²) < 4.78 is 5.69. The second-order valence-electron chi connectivity index (χ2n) is 8.57. The van der Waals surface area contributed by atoms with Crippen LogP contribution in [0.5, 0.6) is 5.75 Å². The Hall–Kier alpha value is -3.38. The van der Waals surface area contributed by atoms with Crippen LogP contribution in [0.3, 0.4) is 0 Å². The van der Waals surface area contributed by atoms with E-state index in [4.69, 9.17) is 4.74 Å². The highest BCUT2D eigenvalue weighted by molar-refractivity contribution is 6.14. The van der Waals surface area contributed by atoms with E-state index in [0.717, 1.165) is 49.4 Å². The molecule has 6 heteroatoms. The lowest BCUT2D eigenvalue weighted by molar-refractivity contribution is -0.129. The maximum absolute atomic E-state index is 13.3. The molecule has 1 amide bonds. The Kier molecular flexibility index (Phi) is 9.67. The van der Waals surface area contributed by atoms with E-state index in [1.165, 1.54) is 6.08 Å². The molecule has 1 heterocycles. The number of carbonyl (C=O) groups excluding carboxylic acids is 2. The van der Waals surface area contributed by atoms with E-state index >= 15 is 0 Å². The van der Waals surface area contributed by atoms with Crippen LogP contribution < -0.4 is 4.74 Å². The predicted molar refractivity (Wildman–Crippen MR) is 139 cm³/mol. The average molecular weight is 477 g/mol. The molecule has 1 unspecified atom stereocenters. The average Bonchev–Trinajstić information content (AvgIpc) is 3.14. The van der Waals surface area contributed by atoms with Crippen LogP contribution >= 0.6 is 0 Å². The minimum absolute atomic E-state index is 0.118. The molecule has 1 aliphatic heterocycles. The zero-order chi connectivity index (χ0) is 25.2. The van der Waals surface area contributed by atoms with Crippen LogP contribution in [-0.4, -0.2) is 59.4 Å². The van der Waals surface area contributed by atoms with E-state index in [2.05, 4.69) is 18.7 Å². The summed E-state index contributed by atoms with van der Waals surface area (Å²) in [6, 6.07) is 16.3. The van der Waals surface area contributed by atoms with Crippen molar-refractivity contribution in [3.05, 3.63) is 83.1 Å². The molecule has 2 aromatic rings. The van der Waals surface area contributed by atoms with Crippen LogP contribution in [0, 0.1) is 0 Å². The number of aliphatic hydroxyl groups excluding tert-OH is 1. The van der Waals surface area contributed by atoms with Crippen LogP contribution in [0.1, 0.15) is 50.8 Å². The molecule has 0 aliphatic carbocycles. The van der Waals surface area contributed by atoms with Gasteiger partial charge < -0.3 is 19.6 Å². The Morgan fingerprint density at radius 1 is 1.06 bits per heavy atom. The van der Waals surface area contributed by atoms with Gasteiger partial charge in [0.15, 0.2) is 11.5 Å². The fourth-order valence-electron chi connectivity index (χ4n) is 4.28. The third-order valence-corrected chi connectivity index (χ3v) is 6.23. The summed E-state index contributed by atoms with van der Waals surface area (Å²) in [6.07, 6.45) is 4.78. The van der Waals surface area contributed by atoms with Crippen LogP contribution in [0.15, 0.2) is 72.0 Å². The van der Waals surface area contributed by atoms with Gasteiger partial charge in [0.05, 0.1) is 18.2 Å². The molecule has 1 aliphatic rings. The Labute approximate surface area is 208 Å². The van der Waals surface area contributed by atoms with Crippen LogP contribution in [0.2, 0.25) is 0 Å². The van der Waals surface area contributed by atoms with Gasteiger partial charge in [-0.2, -0.15) is 0 Å². The molecule has 1 atom stereocenters. The first kappa shape index (κ1) is 26.2. The Morgan fingerprint density at radius 2 is 1.74 bits per heavy atom. The fraction of sp³-hybridized carbons (Fsp3) is 0.379. The van der Waals surface area contributed by atoms with Crippen molar-refractivity contribution in [1.29, 1.82) is 0 Å². The van der Waals surface area contributed by atoms with Crippen molar-refractivity contribution in [2.45, 2.75) is 39.7 Å². The van der Waals surface area contributed by atoms with E-state index in [9.17, 15) is 14.7 Å². The smallest absolute Gasteiger partial charge is 0.290 e. The molecule has 35 heavy (non-hydrogen) atoms. The van der Waals surface area contributed by atoms with Gasteiger partial charge in [-0.05, 0) is 61.8 Å². The highest BCUT2D eigenvalue weighted by atomic mass is 16.5. The molecular formula is C29H36N2O4. The van der Waals surface area contributed by atoms with Crippen molar-refractivity contribution < 1.29 is 19.4 Å². The van der Waals surface area contributed by atoms with Gasteiger partial charge in [-0.25, -0.2) is 0 Å². The number of carbonyl (C=O) groups is 2. The highest BCUT2D eigenvalue weighted by Gasteiger charge is 2.42. The van der Waals surface area contributed by atoms with Crippen molar-refractivity contribution in [2.75, 3.05) is 32.8 Å². The normalized spacial score (nSPS) is 16.1. The minimum Gasteiger partial charge on any atom is -0.503 e. The fourth-order valence-corrected chi connectivity index (χ4v) is 4.28. The monoisotopic (exact) mass is 476 g/mol. The van der Waals surface area contributed by atoms with Crippen LogP contribution in [-0.2, 0) is 9.59 Å². The van der Waals surface area contributed by atoms with Gasteiger partial charge in [-0.3, -0.25) is 9.59 Å². The summed E-state index contributed by atoms with van der Waals surface area (Å²) in [4.78, 5) is 30.3. The maximum Gasteiger partial charge on any atom is 0.290 e. The number of aliphatic hydroxyl groups is 1. The molecule has 6 nitrogen and oxygen atoms in total. The van der Waals surface area contributed by atoms with Gasteiger partial charge in [-0.1, -0.05) is 69.3 Å². The molecule has 186 valence electrons. The SMILES string of the molecule is CCCOc1ccc(C2C(C(=O)/C=C/c3ccccc3)=C(O)C(=O)N2CCCN(CC)CC)cc1. The molecule has 1 N–H and O–H groups in total. The molecule has 3 rings (SSSR count). The topological polar surface area (TPSA) is 70.1 Å². The lowest BCUT2D eigenvalue weighted by Gasteiger charge is -2.28. The first-order valence-corrected chi connectivity index (χ1v) is 12.5. The minimum atomic E-state index is -0.646. The number of rotatable bonds is 13. The van der Waals surface area contributed by atoms with E-state index in [-0.39, 0.29) is 11.4 Å². The molecule has 0 bridgehead atoms. The Bertz CT molecular complexity index is 1040. The van der Waals surface area contributed by atoms with Gasteiger partial charge in [0.1, 0.15) is 5.75 Å². The Balaban J connectivity index is 1.89. The number of hydrogen-bond donors (Lipinski definition) is 1. The molecule has 0 aromatic heterocycles. The quantitative estimate of drug-likeness (QED) is 0.403. The molecule has 0 fully saturated rings. The highest BCUT2D eigenvalue weighted by Crippen LogP contribution is 2.38. The van der Waals surface area contributed by atoms with Gasteiger partial charge >= 0.3 is 0 Å². The van der Waals surface area contributed by atoms with Crippen molar-refractivity contribution in [3.63, 3.8) is 0 Å². The van der Waals surface area contributed by atoms with Gasteiger partial charge in [0, 0.05) is 6.54 Å². The van der Waals surface area contributed by atoms with E-state index < -0.39 is 17.7 Å². The van der Waals surface area contributed by atoms with Gasteiger partial charge in [0.25, 0.3) is 5.91 Å². The number of amides is 1. The summed E-state index contributed by atoms with van der Waals surface area (Å²) in [5.74, 6) is -0.607. The zero-order valence-electron chi connectivity index (χ0n) is 20.9. The Morgan fingerprint density at radius 3 is 2.37 bits per heavy atom. The lowest BCUT2D eigenvalue weighted by atomic mass is 9.95. The van der Waals surface area contributed by atoms with E-state index in [0.29, 0.717) is 13.2 Å². The molecule has 0 radical (unpaired) electrons. The second kappa shape index (κ2) is 12.9. The first-order valence-electron chi connectivity index (χ1n) is 12.5. The van der Waals surface area contributed by atoms with E-state index in [1.54, 1.807) is 11.0 Å². The molecular weight excluding hydrogens is 440 g/mol. The summed E-state index contributed by atoms with van der Waals surface area (Å²) in [7, 11) is 0. The summed E-state index contributed by atoms with van der Waals surface area (Å²) in [6.45, 7) is 10.0. The van der Waals surface area contributed by atoms with Gasteiger partial charge in [-0.15, -0.1) is 0 Å². The molecule has 0 spiro atoms. The maximum atomic E-state index is 13.3. The molecule has 0 saturated carbocycles. The second-order valence-corrected chi connectivity index (χ2v) is 8.57. The number of ether oxygens (including phenoxy) is 1. The van der Waals surface area contributed by atoms with Gasteiger partial charge in [0.2, 0.25) is 0 Å². The lowest BCUT2D eigenvalue weighted by Crippen LogP contribution is -2.34. The summed E-state index contributed by atoms with van der Waals surface area (Å²) in [5.41, 5.74) is 1.76. The largest absolute Gasteiger partial charge is 0.503 e. The zero-order valence-corrected chi connectivity index (χ0v) is 20.9. The van der Waals surface area contributed by atoms with Crippen LogP contribution in [0.4, 0.5) is 0 Å². The van der Waals surface area contributed by atoms with Crippen molar-refractivity contribution in [2.24, 2.45) is 0 Å².